The van der Waals surface area contributed by atoms with E-state index in [0.29, 0.717) is 29.8 Å². The number of ether oxygens (including phenoxy) is 1. The number of fused-ring (bicyclic) bond motifs is 1. The number of hydrogen-bond donors (Lipinski definition) is 1. The van der Waals surface area contributed by atoms with Crippen molar-refractivity contribution < 1.29 is 4.74 Å². The molecule has 4 heterocycles. The van der Waals surface area contributed by atoms with Crippen molar-refractivity contribution in [1.29, 1.82) is 0 Å². The normalized spacial score (nSPS) is 19.1. The van der Waals surface area contributed by atoms with E-state index in [0.717, 1.165) is 35.1 Å². The third-order valence-corrected chi connectivity index (χ3v) is 4.58. The third-order valence-electron chi connectivity index (χ3n) is 4.58. The molecule has 1 aliphatic rings. The fourth-order valence-corrected chi connectivity index (χ4v) is 3.04. The summed E-state index contributed by atoms with van der Waals surface area (Å²) in [5.41, 5.74) is 3.37. The molecule has 1 aliphatic heterocycles. The molecule has 0 saturated heterocycles. The van der Waals surface area contributed by atoms with E-state index in [1.54, 1.807) is 18.6 Å². The second-order valence-electron chi connectivity index (χ2n) is 7.05. The lowest BCUT2D eigenvalue weighted by atomic mass is 10.2. The fraction of sp³-hybridized carbons (Fsp3) is 0.333. The summed E-state index contributed by atoms with van der Waals surface area (Å²) in [4.78, 5) is 26.5. The van der Waals surface area contributed by atoms with Crippen LogP contribution in [0.15, 0.2) is 47.7 Å². The molecule has 0 spiro atoms. The van der Waals surface area contributed by atoms with Gasteiger partial charge in [-0.3, -0.25) is 0 Å². The minimum absolute atomic E-state index is 0.158. The lowest BCUT2D eigenvalue weighted by molar-refractivity contribution is 0.286. The molecule has 0 aromatic carbocycles. The molecule has 3 aromatic heterocycles. The van der Waals surface area contributed by atoms with Gasteiger partial charge in [-0.05, 0) is 45.2 Å². The van der Waals surface area contributed by atoms with Crippen molar-refractivity contribution in [2.45, 2.75) is 39.7 Å². The number of hydrogen-bond acceptors (Lipinski definition) is 8. The Morgan fingerprint density at radius 3 is 2.69 bits per heavy atom. The Morgan fingerprint density at radius 2 is 1.86 bits per heavy atom. The van der Waals surface area contributed by atoms with Crippen LogP contribution in [-0.2, 0) is 4.74 Å². The topological polar surface area (TPSA) is 98.1 Å². The number of aromatic nitrogens is 5. The second-order valence-corrected chi connectivity index (χ2v) is 7.05. The standard InChI is InChI=1S/C21H23N7O/c1-13-9-22-18(23-10-13)16-8-17-19(24-11-16)25-12-26-20(17)28-15(3)21-27-14(2)6-4-5-7-29-21/h6,8-12,15H,4-5,7H2,1-3H3,(H,24,25,26,28)/b14-6+,27-21-/t15-/m1/s1. The lowest BCUT2D eigenvalue weighted by Gasteiger charge is -2.20. The van der Waals surface area contributed by atoms with Gasteiger partial charge in [0.2, 0.25) is 5.90 Å². The average Bonchev–Trinajstić information content (AvgIpc) is 2.71. The molecular formula is C21H23N7O. The van der Waals surface area contributed by atoms with E-state index in [1.807, 2.05) is 26.8 Å². The first-order valence-corrected chi connectivity index (χ1v) is 9.64. The second kappa shape index (κ2) is 8.30. The van der Waals surface area contributed by atoms with Gasteiger partial charge in [0.25, 0.3) is 0 Å². The van der Waals surface area contributed by atoms with E-state index in [2.05, 4.69) is 41.3 Å². The highest BCUT2D eigenvalue weighted by molar-refractivity contribution is 5.92. The molecule has 0 amide bonds. The molecule has 1 atom stereocenters. The zero-order valence-corrected chi connectivity index (χ0v) is 16.8. The lowest BCUT2D eigenvalue weighted by Crippen LogP contribution is -2.30. The van der Waals surface area contributed by atoms with Gasteiger partial charge in [-0.15, -0.1) is 0 Å². The molecule has 8 heteroatoms. The smallest absolute Gasteiger partial charge is 0.211 e. The maximum atomic E-state index is 5.87. The maximum absolute atomic E-state index is 5.87. The predicted octanol–water partition coefficient (Wildman–Crippen LogP) is 3.70. The van der Waals surface area contributed by atoms with Crippen LogP contribution in [0.5, 0.6) is 0 Å². The largest absolute Gasteiger partial charge is 0.479 e. The molecule has 0 fully saturated rings. The van der Waals surface area contributed by atoms with E-state index in [1.165, 1.54) is 6.33 Å². The average molecular weight is 389 g/mol. The number of allylic oxidation sites excluding steroid dienone is 2. The summed E-state index contributed by atoms with van der Waals surface area (Å²) in [7, 11) is 0. The van der Waals surface area contributed by atoms with Gasteiger partial charge in [0.15, 0.2) is 11.5 Å². The Bertz CT molecular complexity index is 1080. The molecule has 1 N–H and O–H groups in total. The zero-order chi connectivity index (χ0) is 20.2. The van der Waals surface area contributed by atoms with Crippen molar-refractivity contribution in [2.24, 2.45) is 4.99 Å². The summed E-state index contributed by atoms with van der Waals surface area (Å²) in [5.74, 6) is 1.93. The van der Waals surface area contributed by atoms with Gasteiger partial charge < -0.3 is 10.1 Å². The Morgan fingerprint density at radius 1 is 1.03 bits per heavy atom. The van der Waals surface area contributed by atoms with Crippen LogP contribution >= 0.6 is 0 Å². The minimum Gasteiger partial charge on any atom is -0.479 e. The monoisotopic (exact) mass is 389 g/mol. The predicted molar refractivity (Wildman–Crippen MR) is 113 cm³/mol. The molecule has 0 radical (unpaired) electrons. The molecule has 148 valence electrons. The van der Waals surface area contributed by atoms with Crippen molar-refractivity contribution in [2.75, 3.05) is 11.9 Å². The Hall–Kier alpha value is -3.42. The summed E-state index contributed by atoms with van der Waals surface area (Å²) in [5, 5.41) is 4.19. The molecular weight excluding hydrogens is 366 g/mol. The third kappa shape index (κ3) is 4.37. The maximum Gasteiger partial charge on any atom is 0.211 e. The summed E-state index contributed by atoms with van der Waals surface area (Å²) in [6.07, 6.45) is 10.9. The van der Waals surface area contributed by atoms with Crippen LogP contribution in [0.25, 0.3) is 22.4 Å². The van der Waals surface area contributed by atoms with E-state index < -0.39 is 0 Å². The van der Waals surface area contributed by atoms with Crippen molar-refractivity contribution in [3.63, 3.8) is 0 Å². The zero-order valence-electron chi connectivity index (χ0n) is 16.8. The Kier molecular flexibility index (Phi) is 5.41. The molecule has 0 aliphatic carbocycles. The summed E-state index contributed by atoms with van der Waals surface area (Å²) < 4.78 is 5.87. The molecule has 8 nitrogen and oxygen atoms in total. The summed E-state index contributed by atoms with van der Waals surface area (Å²) >= 11 is 0. The minimum atomic E-state index is -0.158. The van der Waals surface area contributed by atoms with Crippen LogP contribution in [0.1, 0.15) is 32.3 Å². The number of nitrogens with one attached hydrogen (secondary N) is 1. The summed E-state index contributed by atoms with van der Waals surface area (Å²) in [6, 6.07) is 1.79. The molecule has 3 aromatic rings. The first kappa shape index (κ1) is 18.9. The number of nitrogens with zero attached hydrogens (tertiary/aromatic N) is 6. The van der Waals surface area contributed by atoms with Gasteiger partial charge in [0.1, 0.15) is 18.2 Å². The van der Waals surface area contributed by atoms with Gasteiger partial charge in [-0.1, -0.05) is 6.08 Å². The highest BCUT2D eigenvalue weighted by Crippen LogP contribution is 2.24. The number of rotatable bonds is 4. The first-order valence-electron chi connectivity index (χ1n) is 9.64. The number of aryl methyl sites for hydroxylation is 1. The SMILES string of the molecule is CC1=C\CCCO/C([C@@H](C)Nc2ncnc3ncc(-c4ncc(C)cn4)cc23)=N\1. The summed E-state index contributed by atoms with van der Waals surface area (Å²) in [6.45, 7) is 6.59. The van der Waals surface area contributed by atoms with Crippen LogP contribution in [0.2, 0.25) is 0 Å². The fourth-order valence-electron chi connectivity index (χ4n) is 3.04. The van der Waals surface area contributed by atoms with Crippen molar-refractivity contribution in [3.05, 3.63) is 48.3 Å². The highest BCUT2D eigenvalue weighted by Gasteiger charge is 2.17. The Balaban J connectivity index is 1.67. The van der Waals surface area contributed by atoms with Gasteiger partial charge >= 0.3 is 0 Å². The van der Waals surface area contributed by atoms with E-state index in [-0.39, 0.29) is 6.04 Å². The molecule has 0 bridgehead atoms. The van der Waals surface area contributed by atoms with Crippen LogP contribution in [0.4, 0.5) is 5.82 Å². The van der Waals surface area contributed by atoms with Crippen LogP contribution < -0.4 is 5.32 Å². The van der Waals surface area contributed by atoms with Crippen LogP contribution in [0, 0.1) is 6.92 Å². The molecule has 0 unspecified atom stereocenters. The van der Waals surface area contributed by atoms with Crippen molar-refractivity contribution in [1.82, 2.24) is 24.9 Å². The van der Waals surface area contributed by atoms with Gasteiger partial charge in [0.05, 0.1) is 12.0 Å². The number of pyridine rings is 1. The Labute approximate surface area is 169 Å². The van der Waals surface area contributed by atoms with Crippen molar-refractivity contribution in [3.8, 4) is 11.4 Å². The number of aliphatic imine (C=N–C) groups is 1. The van der Waals surface area contributed by atoms with Crippen molar-refractivity contribution >= 4 is 22.7 Å². The van der Waals surface area contributed by atoms with E-state index >= 15 is 0 Å². The number of anilines is 1. The first-order chi connectivity index (χ1) is 14.1. The van der Waals surface area contributed by atoms with Gasteiger partial charge in [0, 0.05) is 29.9 Å². The van der Waals surface area contributed by atoms with Gasteiger partial charge in [-0.2, -0.15) is 0 Å². The molecule has 29 heavy (non-hydrogen) atoms. The van der Waals surface area contributed by atoms with Crippen LogP contribution in [-0.4, -0.2) is 43.5 Å². The van der Waals surface area contributed by atoms with Gasteiger partial charge in [-0.25, -0.2) is 29.9 Å². The van der Waals surface area contributed by atoms with E-state index in [9.17, 15) is 0 Å². The van der Waals surface area contributed by atoms with Crippen LogP contribution in [0.3, 0.4) is 0 Å². The molecule has 0 saturated carbocycles. The highest BCUT2D eigenvalue weighted by atomic mass is 16.5. The quantitative estimate of drug-likeness (QED) is 0.726. The van der Waals surface area contributed by atoms with E-state index in [4.69, 9.17) is 4.74 Å². The molecule has 4 rings (SSSR count).